The molecule has 4 nitrogen and oxygen atoms in total. The Hall–Kier alpha value is -0.240. The van der Waals surface area contributed by atoms with Crippen molar-refractivity contribution in [2.24, 2.45) is 11.7 Å². The Balaban J connectivity index is 0. The van der Waals surface area contributed by atoms with Gasteiger partial charge in [0, 0.05) is 13.1 Å². The van der Waals surface area contributed by atoms with Gasteiger partial charge in [-0.25, -0.2) is 0 Å². The Morgan fingerprint density at radius 2 is 2.05 bits per heavy atom. The van der Waals surface area contributed by atoms with Gasteiger partial charge in [0.05, 0.1) is 12.6 Å². The third-order valence-electron chi connectivity index (χ3n) is 2.75. The Morgan fingerprint density at radius 3 is 2.53 bits per heavy atom. The number of carbonyl (C=O) groups is 1. The summed E-state index contributed by atoms with van der Waals surface area (Å²) in [5, 5.41) is 2.64. The highest BCUT2D eigenvalue weighted by Crippen LogP contribution is 2.22. The topological polar surface area (TPSA) is 58.4 Å². The van der Waals surface area contributed by atoms with Crippen LogP contribution in [0.25, 0.3) is 0 Å². The van der Waals surface area contributed by atoms with Gasteiger partial charge in [-0.2, -0.15) is 13.2 Å². The molecule has 0 bridgehead atoms. The van der Waals surface area contributed by atoms with Crippen LogP contribution in [0.1, 0.15) is 13.3 Å². The van der Waals surface area contributed by atoms with Crippen molar-refractivity contribution in [3.63, 3.8) is 0 Å². The molecule has 0 aromatic rings. The number of hydrogen-bond donors (Lipinski definition) is 2. The fourth-order valence-electron chi connectivity index (χ4n) is 1.88. The van der Waals surface area contributed by atoms with Crippen LogP contribution in [0.3, 0.4) is 0 Å². The number of amides is 1. The van der Waals surface area contributed by atoms with Gasteiger partial charge in [-0.1, -0.05) is 0 Å². The van der Waals surface area contributed by atoms with Crippen molar-refractivity contribution in [2.75, 3.05) is 26.2 Å². The van der Waals surface area contributed by atoms with Gasteiger partial charge < -0.3 is 11.1 Å². The largest absolute Gasteiger partial charge is 0.401 e. The minimum Gasteiger partial charge on any atom is -0.354 e. The minimum atomic E-state index is -4.15. The van der Waals surface area contributed by atoms with E-state index in [1.807, 2.05) is 0 Å². The van der Waals surface area contributed by atoms with E-state index in [1.54, 1.807) is 6.92 Å². The highest BCUT2D eigenvalue weighted by Gasteiger charge is 2.34. The molecule has 9 heteroatoms. The number of rotatable bonds is 4. The zero-order valence-electron chi connectivity index (χ0n) is 10.6. The number of likely N-dealkylation sites (tertiary alicyclic amines) is 1. The molecule has 2 unspecified atom stereocenters. The fourth-order valence-corrected chi connectivity index (χ4v) is 1.88. The molecule has 0 radical (unpaired) electrons. The number of halogens is 5. The predicted octanol–water partition coefficient (Wildman–Crippen LogP) is 1.18. The van der Waals surface area contributed by atoms with Crippen LogP contribution in [0.5, 0.6) is 0 Å². The fraction of sp³-hybridized carbons (Fsp3) is 0.900. The average Bonchev–Trinajstić information content (AvgIpc) is 2.59. The van der Waals surface area contributed by atoms with Gasteiger partial charge >= 0.3 is 6.18 Å². The van der Waals surface area contributed by atoms with Crippen molar-refractivity contribution < 1.29 is 18.0 Å². The Morgan fingerprint density at radius 1 is 1.47 bits per heavy atom. The molecule has 19 heavy (non-hydrogen) atoms. The monoisotopic (exact) mass is 325 g/mol. The molecule has 0 spiro atoms. The first-order chi connectivity index (χ1) is 7.78. The summed E-state index contributed by atoms with van der Waals surface area (Å²) in [6.07, 6.45) is -3.47. The van der Waals surface area contributed by atoms with Gasteiger partial charge in [-0.15, -0.1) is 24.8 Å². The quantitative estimate of drug-likeness (QED) is 0.816. The highest BCUT2D eigenvalue weighted by atomic mass is 35.5. The van der Waals surface area contributed by atoms with Crippen molar-refractivity contribution in [1.29, 1.82) is 0 Å². The number of nitrogens with zero attached hydrogens (tertiary/aromatic N) is 1. The maximum Gasteiger partial charge on any atom is 0.401 e. The first kappa shape index (κ1) is 21.1. The molecule has 0 aliphatic carbocycles. The number of nitrogens with one attached hydrogen (secondary N) is 1. The Bertz CT molecular complexity index is 277. The zero-order valence-corrected chi connectivity index (χ0v) is 12.2. The number of alkyl halides is 3. The van der Waals surface area contributed by atoms with E-state index in [1.165, 1.54) is 4.90 Å². The first-order valence-electron chi connectivity index (χ1n) is 5.60. The van der Waals surface area contributed by atoms with E-state index in [2.05, 4.69) is 5.32 Å². The molecule has 1 amide bonds. The van der Waals surface area contributed by atoms with Gasteiger partial charge in [0.2, 0.25) is 5.91 Å². The van der Waals surface area contributed by atoms with Crippen molar-refractivity contribution >= 4 is 30.7 Å². The van der Waals surface area contributed by atoms with E-state index in [0.29, 0.717) is 26.1 Å². The maximum absolute atomic E-state index is 12.1. The van der Waals surface area contributed by atoms with Crippen molar-refractivity contribution in [3.05, 3.63) is 0 Å². The molecule has 1 aliphatic rings. The maximum atomic E-state index is 12.1. The van der Waals surface area contributed by atoms with Crippen molar-refractivity contribution in [3.8, 4) is 0 Å². The van der Waals surface area contributed by atoms with Gasteiger partial charge in [-0.05, 0) is 25.8 Å². The summed E-state index contributed by atoms with van der Waals surface area (Å²) >= 11 is 0. The number of nitrogens with two attached hydrogens (primary N) is 1. The molecule has 1 saturated heterocycles. The summed E-state index contributed by atoms with van der Waals surface area (Å²) < 4.78 is 36.4. The molecule has 116 valence electrons. The summed E-state index contributed by atoms with van der Waals surface area (Å²) in [5.74, 6) is -0.181. The summed E-state index contributed by atoms with van der Waals surface area (Å²) in [7, 11) is 0. The molecule has 2 atom stereocenters. The summed E-state index contributed by atoms with van der Waals surface area (Å²) in [5.41, 5.74) is 5.36. The lowest BCUT2D eigenvalue weighted by Crippen LogP contribution is -2.41. The molecule has 1 heterocycles. The summed E-state index contributed by atoms with van der Waals surface area (Å²) in [6, 6.07) is -0.581. The van der Waals surface area contributed by atoms with Gasteiger partial charge in [0.1, 0.15) is 0 Å². The molecular weight excluding hydrogens is 306 g/mol. The normalized spacial score (nSPS) is 21.2. The minimum absolute atomic E-state index is 0. The van der Waals surface area contributed by atoms with Crippen LogP contribution in [-0.4, -0.2) is 49.2 Å². The van der Waals surface area contributed by atoms with E-state index in [-0.39, 0.29) is 36.6 Å². The molecule has 1 rings (SSSR count). The third kappa shape index (κ3) is 8.52. The molecule has 0 aromatic carbocycles. The molecule has 3 N–H and O–H groups in total. The molecule has 0 aromatic heterocycles. The van der Waals surface area contributed by atoms with Crippen LogP contribution in [0.4, 0.5) is 13.2 Å². The molecule has 1 fully saturated rings. The van der Waals surface area contributed by atoms with E-state index in [4.69, 9.17) is 5.73 Å². The zero-order chi connectivity index (χ0) is 13.1. The van der Waals surface area contributed by atoms with Crippen LogP contribution >= 0.6 is 24.8 Å². The second-order valence-electron chi connectivity index (χ2n) is 4.54. The van der Waals surface area contributed by atoms with E-state index in [9.17, 15) is 18.0 Å². The van der Waals surface area contributed by atoms with E-state index in [0.717, 1.165) is 0 Å². The summed E-state index contributed by atoms with van der Waals surface area (Å²) in [4.78, 5) is 12.5. The smallest absolute Gasteiger partial charge is 0.354 e. The van der Waals surface area contributed by atoms with Crippen molar-refractivity contribution in [2.45, 2.75) is 25.6 Å². The lowest BCUT2D eigenvalue weighted by atomic mass is 10.1. The predicted molar refractivity (Wildman–Crippen MR) is 71.8 cm³/mol. The van der Waals surface area contributed by atoms with Gasteiger partial charge in [-0.3, -0.25) is 9.69 Å². The van der Waals surface area contributed by atoms with Gasteiger partial charge in [0.25, 0.3) is 0 Å². The number of carbonyl (C=O) groups excluding carboxylic acids is 1. The Kier molecular flexibility index (Phi) is 9.80. The molecule has 0 saturated carbocycles. The average molecular weight is 326 g/mol. The number of hydrogen-bond acceptors (Lipinski definition) is 3. The molecular formula is C10H20Cl2F3N3O. The van der Waals surface area contributed by atoms with Crippen LogP contribution in [0.15, 0.2) is 0 Å². The lowest BCUT2D eigenvalue weighted by Gasteiger charge is -2.18. The van der Waals surface area contributed by atoms with Gasteiger partial charge in [0.15, 0.2) is 0 Å². The standard InChI is InChI=1S/C10H18F3N3O.2ClH/c1-7(14)9(17)15-4-8-2-3-16(5-8)6-10(11,12)13;;/h7-8H,2-6,14H2,1H3,(H,15,17);2*1H. The second-order valence-corrected chi connectivity index (χ2v) is 4.54. The third-order valence-corrected chi connectivity index (χ3v) is 2.75. The van der Waals surface area contributed by atoms with Crippen molar-refractivity contribution in [1.82, 2.24) is 10.2 Å². The second kappa shape index (κ2) is 8.84. The van der Waals surface area contributed by atoms with Crippen LogP contribution in [-0.2, 0) is 4.79 Å². The van der Waals surface area contributed by atoms with Crippen LogP contribution in [0.2, 0.25) is 0 Å². The SMILES string of the molecule is CC(N)C(=O)NCC1CCN(CC(F)(F)F)C1.Cl.Cl. The van der Waals surface area contributed by atoms with E-state index >= 15 is 0 Å². The Labute approximate surface area is 123 Å². The highest BCUT2D eigenvalue weighted by molar-refractivity contribution is 5.85. The summed E-state index contributed by atoms with van der Waals surface area (Å²) in [6.45, 7) is 1.90. The first-order valence-corrected chi connectivity index (χ1v) is 5.60. The van der Waals surface area contributed by atoms with Crippen LogP contribution in [0, 0.1) is 5.92 Å². The molecule has 1 aliphatic heterocycles. The van der Waals surface area contributed by atoms with E-state index < -0.39 is 18.8 Å². The van der Waals surface area contributed by atoms with Crippen LogP contribution < -0.4 is 11.1 Å². The lowest BCUT2D eigenvalue weighted by molar-refractivity contribution is -0.143.